The van der Waals surface area contributed by atoms with Crippen LogP contribution in [0.5, 0.6) is 0 Å². The van der Waals surface area contributed by atoms with Gasteiger partial charge in [0.25, 0.3) is 5.91 Å². The average molecular weight is 253 g/mol. The first-order chi connectivity index (χ1) is 7.61. The number of nitrogens with zero attached hydrogens (tertiary/aromatic N) is 2. The van der Waals surface area contributed by atoms with Gasteiger partial charge in [-0.25, -0.2) is 0 Å². The third-order valence-corrected chi connectivity index (χ3v) is 3.53. The number of thioether (sulfide) groups is 1. The minimum atomic E-state index is -0.126. The molecule has 0 atom stereocenters. The summed E-state index contributed by atoms with van der Waals surface area (Å²) in [4.78, 5) is 12.1. The Morgan fingerprint density at radius 1 is 1.69 bits per heavy atom. The summed E-state index contributed by atoms with van der Waals surface area (Å²) < 4.78 is 2.40. The molecule has 4 nitrogen and oxygen atoms in total. The summed E-state index contributed by atoms with van der Waals surface area (Å²) in [5.74, 6) is -0.126. The molecule has 0 unspecified atom stereocenters. The Labute approximate surface area is 103 Å². The number of thiocarbonyl (C=S) groups is 1. The minimum absolute atomic E-state index is 0.126. The molecule has 1 aromatic rings. The fourth-order valence-electron chi connectivity index (χ4n) is 1.48. The number of hydrogen-bond donors (Lipinski definition) is 1. The van der Waals surface area contributed by atoms with Crippen LogP contribution in [0.25, 0.3) is 6.08 Å². The third kappa shape index (κ3) is 2.03. The van der Waals surface area contributed by atoms with Gasteiger partial charge >= 0.3 is 0 Å². The number of hydrogen-bond acceptors (Lipinski definition) is 4. The van der Waals surface area contributed by atoms with Crippen molar-refractivity contribution in [3.05, 3.63) is 22.4 Å². The van der Waals surface area contributed by atoms with Crippen molar-refractivity contribution in [1.82, 2.24) is 15.1 Å². The van der Waals surface area contributed by atoms with Crippen molar-refractivity contribution in [2.24, 2.45) is 0 Å². The summed E-state index contributed by atoms with van der Waals surface area (Å²) in [6, 6.07) is 0. The van der Waals surface area contributed by atoms with Crippen LogP contribution in [0, 0.1) is 6.92 Å². The Kier molecular flexibility index (Phi) is 3.11. The van der Waals surface area contributed by atoms with Crippen molar-refractivity contribution in [2.45, 2.75) is 20.4 Å². The van der Waals surface area contributed by atoms with Gasteiger partial charge in [0.1, 0.15) is 4.32 Å². The molecular weight excluding hydrogens is 242 g/mol. The maximum Gasteiger partial charge on any atom is 0.263 e. The van der Waals surface area contributed by atoms with Crippen LogP contribution in [-0.2, 0) is 11.3 Å². The summed E-state index contributed by atoms with van der Waals surface area (Å²) in [6.07, 6.45) is 3.59. The molecule has 2 heterocycles. The maximum atomic E-state index is 11.5. The van der Waals surface area contributed by atoms with Gasteiger partial charge in [0.2, 0.25) is 0 Å². The molecule has 1 aromatic heterocycles. The summed E-state index contributed by atoms with van der Waals surface area (Å²) in [7, 11) is 0. The lowest BCUT2D eigenvalue weighted by Gasteiger charge is -1.98. The highest BCUT2D eigenvalue weighted by atomic mass is 32.2. The minimum Gasteiger partial charge on any atom is -0.307 e. The second-order valence-corrected chi connectivity index (χ2v) is 5.07. The summed E-state index contributed by atoms with van der Waals surface area (Å²) in [6.45, 7) is 4.84. The first-order valence-electron chi connectivity index (χ1n) is 4.89. The maximum absolute atomic E-state index is 11.5. The molecule has 0 bridgehead atoms. The molecule has 2 rings (SSSR count). The van der Waals surface area contributed by atoms with Crippen LogP contribution in [0.1, 0.15) is 18.2 Å². The van der Waals surface area contributed by atoms with Crippen molar-refractivity contribution >= 4 is 40.3 Å². The highest BCUT2D eigenvalue weighted by Crippen LogP contribution is 2.26. The highest BCUT2D eigenvalue weighted by molar-refractivity contribution is 8.26. The van der Waals surface area contributed by atoms with E-state index in [0.717, 1.165) is 17.8 Å². The first kappa shape index (κ1) is 11.3. The van der Waals surface area contributed by atoms with Crippen molar-refractivity contribution in [2.75, 3.05) is 0 Å². The van der Waals surface area contributed by atoms with Gasteiger partial charge in [-0.1, -0.05) is 24.0 Å². The number of aryl methyl sites for hydroxylation is 1. The number of carbonyl (C=O) groups excluding carboxylic acids is 1. The highest BCUT2D eigenvalue weighted by Gasteiger charge is 2.22. The number of amides is 1. The van der Waals surface area contributed by atoms with Crippen molar-refractivity contribution < 1.29 is 4.79 Å². The molecule has 1 aliphatic rings. The van der Waals surface area contributed by atoms with E-state index in [-0.39, 0.29) is 5.91 Å². The quantitative estimate of drug-likeness (QED) is 0.644. The van der Waals surface area contributed by atoms with Crippen LogP contribution in [0.4, 0.5) is 0 Å². The zero-order valence-corrected chi connectivity index (χ0v) is 10.6. The molecule has 1 N–H and O–H groups in total. The van der Waals surface area contributed by atoms with E-state index in [0.29, 0.717) is 9.23 Å². The Bertz CT molecular complexity index is 490. The molecule has 0 aliphatic carbocycles. The molecule has 1 amide bonds. The van der Waals surface area contributed by atoms with Crippen LogP contribution in [0.3, 0.4) is 0 Å². The molecule has 0 aromatic carbocycles. The van der Waals surface area contributed by atoms with E-state index < -0.39 is 0 Å². The van der Waals surface area contributed by atoms with Gasteiger partial charge in [0.05, 0.1) is 11.1 Å². The van der Waals surface area contributed by atoms with Crippen LogP contribution < -0.4 is 5.32 Å². The van der Waals surface area contributed by atoms with Gasteiger partial charge < -0.3 is 5.32 Å². The molecule has 0 spiro atoms. The Hall–Kier alpha value is -1.14. The monoisotopic (exact) mass is 253 g/mol. The number of nitrogens with one attached hydrogen (secondary N) is 1. The van der Waals surface area contributed by atoms with E-state index in [2.05, 4.69) is 10.4 Å². The largest absolute Gasteiger partial charge is 0.307 e. The molecule has 16 heavy (non-hydrogen) atoms. The average Bonchev–Trinajstić information content (AvgIpc) is 2.73. The van der Waals surface area contributed by atoms with Crippen molar-refractivity contribution in [3.63, 3.8) is 0 Å². The summed E-state index contributed by atoms with van der Waals surface area (Å²) in [5.41, 5.74) is 2.02. The van der Waals surface area contributed by atoms with Gasteiger partial charge in [0, 0.05) is 17.8 Å². The van der Waals surface area contributed by atoms with Gasteiger partial charge in [-0.05, 0) is 19.9 Å². The molecule has 84 valence electrons. The lowest BCUT2D eigenvalue weighted by molar-refractivity contribution is -0.115. The number of aromatic nitrogens is 2. The lowest BCUT2D eigenvalue weighted by Crippen LogP contribution is -2.17. The summed E-state index contributed by atoms with van der Waals surface area (Å²) >= 11 is 6.21. The second-order valence-electron chi connectivity index (χ2n) is 3.35. The normalized spacial score (nSPS) is 18.2. The topological polar surface area (TPSA) is 46.9 Å². The molecular formula is C10H11N3OS2. The van der Waals surface area contributed by atoms with Crippen LogP contribution in [-0.4, -0.2) is 20.0 Å². The molecule has 0 radical (unpaired) electrons. The van der Waals surface area contributed by atoms with E-state index in [1.165, 1.54) is 11.8 Å². The third-order valence-electron chi connectivity index (χ3n) is 2.37. The smallest absolute Gasteiger partial charge is 0.263 e. The van der Waals surface area contributed by atoms with Gasteiger partial charge in [-0.2, -0.15) is 5.10 Å². The molecule has 1 aliphatic heterocycles. The van der Waals surface area contributed by atoms with E-state index in [1.807, 2.05) is 24.6 Å². The molecule has 1 fully saturated rings. The second kappa shape index (κ2) is 4.39. The van der Waals surface area contributed by atoms with Gasteiger partial charge in [0.15, 0.2) is 0 Å². The van der Waals surface area contributed by atoms with Crippen molar-refractivity contribution in [3.8, 4) is 0 Å². The number of rotatable bonds is 2. The Balaban J connectivity index is 2.32. The Morgan fingerprint density at radius 2 is 2.44 bits per heavy atom. The summed E-state index contributed by atoms with van der Waals surface area (Å²) in [5, 5.41) is 6.81. The zero-order chi connectivity index (χ0) is 11.7. The Morgan fingerprint density at radius 3 is 2.94 bits per heavy atom. The fraction of sp³-hybridized carbons (Fsp3) is 0.300. The predicted molar refractivity (Wildman–Crippen MR) is 68.9 cm³/mol. The van der Waals surface area contributed by atoms with Crippen LogP contribution in [0.15, 0.2) is 11.1 Å². The standard InChI is InChI=1S/C10H11N3OS2/c1-3-13-6(2)7(5-11-13)4-8-9(14)12-10(15)16-8/h4-5H,3H2,1-2H3,(H,12,14,15). The molecule has 0 saturated carbocycles. The van der Waals surface area contributed by atoms with E-state index >= 15 is 0 Å². The fourth-order valence-corrected chi connectivity index (χ4v) is 2.52. The predicted octanol–water partition coefficient (Wildman–Crippen LogP) is 1.70. The van der Waals surface area contributed by atoms with Crippen LogP contribution in [0.2, 0.25) is 0 Å². The SMILES string of the molecule is CCn1ncc(C=C2SC(=S)NC2=O)c1C. The van der Waals surface area contributed by atoms with Gasteiger partial charge in [-0.3, -0.25) is 9.48 Å². The van der Waals surface area contributed by atoms with Gasteiger partial charge in [-0.15, -0.1) is 0 Å². The van der Waals surface area contributed by atoms with Crippen LogP contribution >= 0.6 is 24.0 Å². The van der Waals surface area contributed by atoms with E-state index in [1.54, 1.807) is 6.20 Å². The van der Waals surface area contributed by atoms with E-state index in [4.69, 9.17) is 12.2 Å². The zero-order valence-electron chi connectivity index (χ0n) is 8.98. The lowest BCUT2D eigenvalue weighted by atomic mass is 10.2. The van der Waals surface area contributed by atoms with Crippen molar-refractivity contribution in [1.29, 1.82) is 0 Å². The molecule has 6 heteroatoms. The molecule has 1 saturated heterocycles. The first-order valence-corrected chi connectivity index (χ1v) is 6.11. The van der Waals surface area contributed by atoms with E-state index in [9.17, 15) is 4.79 Å². The number of carbonyl (C=O) groups is 1.